The molecule has 0 bridgehead atoms. The number of hydrogen-bond donors (Lipinski definition) is 9. The lowest BCUT2D eigenvalue weighted by atomic mass is 10.0. The maximum absolute atomic E-state index is 13.0. The van der Waals surface area contributed by atoms with E-state index in [1.54, 1.807) is 0 Å². The van der Waals surface area contributed by atoms with Crippen molar-refractivity contribution in [3.8, 4) is 5.75 Å². The lowest BCUT2D eigenvalue weighted by Crippen LogP contribution is -2.58. The van der Waals surface area contributed by atoms with Gasteiger partial charge in [0, 0.05) is 31.2 Å². The number of phenols is 1. The van der Waals surface area contributed by atoms with E-state index in [-0.39, 0.29) is 31.4 Å². The first kappa shape index (κ1) is 31.2. The Hall–Kier alpha value is -4.99. The molecule has 1 heterocycles. The van der Waals surface area contributed by atoms with Crippen molar-refractivity contribution in [3.63, 3.8) is 0 Å². The number of H-pyrrole nitrogens is 1. The number of amides is 5. The summed E-state index contributed by atoms with van der Waals surface area (Å²) in [6.45, 7) is 0. The van der Waals surface area contributed by atoms with Crippen molar-refractivity contribution in [3.05, 3.63) is 48.0 Å². The SMILES string of the molecule is NC(=O)CCC(NC(=O)C(CC(N)=O)NC(=O)C(N)Cc1cnc[nH]1)C(=O)NC(Cc1ccc(O)cc1)C(=O)O. The van der Waals surface area contributed by atoms with Crippen LogP contribution in [-0.2, 0) is 41.6 Å². The number of carboxylic acids is 1. The number of aromatic hydroxyl groups is 1. The predicted octanol–water partition coefficient (Wildman–Crippen LogP) is -3.09. The van der Waals surface area contributed by atoms with Gasteiger partial charge in [0.15, 0.2) is 0 Å². The van der Waals surface area contributed by atoms with Crippen molar-refractivity contribution in [2.75, 3.05) is 0 Å². The Labute approximate surface area is 228 Å². The van der Waals surface area contributed by atoms with Gasteiger partial charge in [-0.25, -0.2) is 9.78 Å². The van der Waals surface area contributed by atoms with Crippen LogP contribution < -0.4 is 33.2 Å². The molecule has 4 atom stereocenters. The summed E-state index contributed by atoms with van der Waals surface area (Å²) in [5.41, 5.74) is 17.3. The minimum absolute atomic E-state index is 0.0336. The second kappa shape index (κ2) is 14.8. The predicted molar refractivity (Wildman–Crippen MR) is 138 cm³/mol. The van der Waals surface area contributed by atoms with Crippen LogP contribution >= 0.6 is 0 Å². The highest BCUT2D eigenvalue weighted by molar-refractivity contribution is 5.96. The number of imidazole rings is 1. The van der Waals surface area contributed by atoms with Crippen molar-refractivity contribution in [2.45, 2.75) is 56.3 Å². The number of carbonyl (C=O) groups is 6. The lowest BCUT2D eigenvalue weighted by Gasteiger charge is -2.24. The average molecular weight is 561 g/mol. The van der Waals surface area contributed by atoms with E-state index in [4.69, 9.17) is 17.2 Å². The molecular weight excluding hydrogens is 528 g/mol. The fourth-order valence-electron chi connectivity index (χ4n) is 3.58. The Balaban J connectivity index is 2.15. The van der Waals surface area contributed by atoms with Crippen molar-refractivity contribution in [2.24, 2.45) is 17.2 Å². The first-order valence-corrected chi connectivity index (χ1v) is 12.1. The highest BCUT2D eigenvalue weighted by atomic mass is 16.4. The van der Waals surface area contributed by atoms with Crippen LogP contribution in [0, 0.1) is 0 Å². The van der Waals surface area contributed by atoms with E-state index in [0.717, 1.165) is 0 Å². The molecule has 4 unspecified atom stereocenters. The number of aromatic amines is 1. The molecular formula is C24H32N8O8. The number of phenolic OH excluding ortho intramolecular Hbond substituents is 1. The molecule has 0 saturated heterocycles. The van der Waals surface area contributed by atoms with E-state index in [2.05, 4.69) is 25.9 Å². The zero-order valence-corrected chi connectivity index (χ0v) is 21.3. The maximum Gasteiger partial charge on any atom is 0.326 e. The fraction of sp³-hybridized carbons (Fsp3) is 0.375. The van der Waals surface area contributed by atoms with E-state index in [1.165, 1.54) is 36.8 Å². The Bertz CT molecular complexity index is 1200. The molecule has 0 aliphatic carbocycles. The number of aliphatic carboxylic acids is 1. The molecule has 40 heavy (non-hydrogen) atoms. The van der Waals surface area contributed by atoms with Crippen LogP contribution in [0.3, 0.4) is 0 Å². The second-order valence-corrected chi connectivity index (χ2v) is 8.96. The third-order valence-electron chi connectivity index (χ3n) is 5.67. The highest BCUT2D eigenvalue weighted by Crippen LogP contribution is 2.12. The van der Waals surface area contributed by atoms with Crippen LogP contribution in [-0.4, -0.2) is 79.9 Å². The third-order valence-corrected chi connectivity index (χ3v) is 5.67. The van der Waals surface area contributed by atoms with Gasteiger partial charge in [-0.2, -0.15) is 0 Å². The third kappa shape index (κ3) is 10.4. The van der Waals surface area contributed by atoms with Gasteiger partial charge in [0.2, 0.25) is 29.5 Å². The molecule has 1 aromatic heterocycles. The highest BCUT2D eigenvalue weighted by Gasteiger charge is 2.31. The van der Waals surface area contributed by atoms with Crippen LogP contribution in [0.25, 0.3) is 0 Å². The van der Waals surface area contributed by atoms with Gasteiger partial charge in [0.05, 0.1) is 18.8 Å². The molecule has 216 valence electrons. The topological polar surface area (TPSA) is 286 Å². The number of aromatic nitrogens is 2. The zero-order valence-electron chi connectivity index (χ0n) is 21.3. The summed E-state index contributed by atoms with van der Waals surface area (Å²) in [5, 5.41) is 26.0. The summed E-state index contributed by atoms with van der Waals surface area (Å²) in [6, 6.07) is 0.0672. The number of hydrogen-bond acceptors (Lipinski definition) is 9. The molecule has 12 N–H and O–H groups in total. The summed E-state index contributed by atoms with van der Waals surface area (Å²) < 4.78 is 0. The second-order valence-electron chi connectivity index (χ2n) is 8.96. The Morgan fingerprint density at radius 2 is 1.45 bits per heavy atom. The Kier molecular flexibility index (Phi) is 11.6. The quantitative estimate of drug-likeness (QED) is 0.0996. The standard InChI is InChI=1S/C24H32N8O8/c25-15(8-13-10-28-11-29-13)21(36)31-17(9-20(27)35)23(38)30-16(5-6-19(26)34)22(37)32-18(24(39)40)7-12-1-3-14(33)4-2-12/h1-4,10-11,15-18,33H,5-9,25H2,(H2,26,34)(H2,27,35)(H,28,29)(H,30,38)(H,31,36)(H,32,37)(H,39,40). The number of nitrogens with one attached hydrogen (secondary N) is 4. The van der Waals surface area contributed by atoms with E-state index >= 15 is 0 Å². The first-order valence-electron chi connectivity index (χ1n) is 12.1. The van der Waals surface area contributed by atoms with Crippen LogP contribution in [0.4, 0.5) is 0 Å². The van der Waals surface area contributed by atoms with Crippen LogP contribution in [0.5, 0.6) is 5.75 Å². The van der Waals surface area contributed by atoms with E-state index in [0.29, 0.717) is 11.3 Å². The largest absolute Gasteiger partial charge is 0.508 e. The van der Waals surface area contributed by atoms with Gasteiger partial charge in [-0.05, 0) is 24.1 Å². The minimum Gasteiger partial charge on any atom is -0.508 e. The number of nitrogens with two attached hydrogens (primary N) is 3. The van der Waals surface area contributed by atoms with Crippen molar-refractivity contribution >= 4 is 35.5 Å². The molecule has 0 radical (unpaired) electrons. The van der Waals surface area contributed by atoms with Gasteiger partial charge in [-0.15, -0.1) is 0 Å². The molecule has 16 heteroatoms. The molecule has 0 fully saturated rings. The molecule has 5 amide bonds. The Morgan fingerprint density at radius 1 is 0.850 bits per heavy atom. The number of carbonyl (C=O) groups excluding carboxylic acids is 5. The molecule has 0 aliphatic heterocycles. The van der Waals surface area contributed by atoms with Crippen LogP contribution in [0.1, 0.15) is 30.5 Å². The summed E-state index contributed by atoms with van der Waals surface area (Å²) in [6.07, 6.45) is 1.42. The van der Waals surface area contributed by atoms with E-state index in [9.17, 15) is 39.0 Å². The van der Waals surface area contributed by atoms with Gasteiger partial charge >= 0.3 is 5.97 Å². The lowest BCUT2D eigenvalue weighted by molar-refractivity contribution is -0.142. The van der Waals surface area contributed by atoms with E-state index < -0.39 is 66.1 Å². The number of carboxylic acid groups (broad SMARTS) is 1. The number of nitrogens with zero attached hydrogens (tertiary/aromatic N) is 1. The van der Waals surface area contributed by atoms with Crippen molar-refractivity contribution in [1.82, 2.24) is 25.9 Å². The number of benzene rings is 1. The number of rotatable bonds is 16. The van der Waals surface area contributed by atoms with Gasteiger partial charge in [0.1, 0.15) is 23.9 Å². The van der Waals surface area contributed by atoms with Gasteiger partial charge in [-0.3, -0.25) is 24.0 Å². The monoisotopic (exact) mass is 560 g/mol. The fourth-order valence-corrected chi connectivity index (χ4v) is 3.58. The summed E-state index contributed by atoms with van der Waals surface area (Å²) in [4.78, 5) is 80.0. The summed E-state index contributed by atoms with van der Waals surface area (Å²) in [5.74, 6) is -5.91. The summed E-state index contributed by atoms with van der Waals surface area (Å²) >= 11 is 0. The zero-order chi connectivity index (χ0) is 29.8. The molecule has 16 nitrogen and oxygen atoms in total. The van der Waals surface area contributed by atoms with Crippen molar-refractivity contribution in [1.29, 1.82) is 0 Å². The van der Waals surface area contributed by atoms with Gasteiger partial charge < -0.3 is 48.3 Å². The van der Waals surface area contributed by atoms with Crippen LogP contribution in [0.2, 0.25) is 0 Å². The first-order chi connectivity index (χ1) is 18.8. The normalized spacial score (nSPS) is 13.7. The maximum atomic E-state index is 13.0. The molecule has 2 rings (SSSR count). The van der Waals surface area contributed by atoms with Gasteiger partial charge in [-0.1, -0.05) is 12.1 Å². The smallest absolute Gasteiger partial charge is 0.326 e. The average Bonchev–Trinajstić information content (AvgIpc) is 3.39. The number of primary amides is 2. The molecule has 1 aromatic carbocycles. The van der Waals surface area contributed by atoms with Crippen molar-refractivity contribution < 1.29 is 39.0 Å². The van der Waals surface area contributed by atoms with Crippen LogP contribution in [0.15, 0.2) is 36.8 Å². The Morgan fingerprint density at radius 3 is 2.00 bits per heavy atom. The molecule has 2 aromatic rings. The molecule has 0 aliphatic rings. The minimum atomic E-state index is -1.53. The molecule has 0 spiro atoms. The summed E-state index contributed by atoms with van der Waals surface area (Å²) in [7, 11) is 0. The van der Waals surface area contributed by atoms with Gasteiger partial charge in [0.25, 0.3) is 0 Å². The molecule has 0 saturated carbocycles. The van der Waals surface area contributed by atoms with E-state index in [1.807, 2.05) is 0 Å².